The third kappa shape index (κ3) is 4.79. The number of carbonyl (C=O) groups is 1. The number of nitrogens with one attached hydrogen (secondary N) is 1. The Morgan fingerprint density at radius 3 is 2.38 bits per heavy atom. The molecule has 1 saturated heterocycles. The van der Waals surface area contributed by atoms with E-state index in [2.05, 4.69) is 5.32 Å². The fourth-order valence-corrected chi connectivity index (χ4v) is 5.23. The lowest BCUT2D eigenvalue weighted by molar-refractivity contribution is -0.126. The average molecular weight is 417 g/mol. The van der Waals surface area contributed by atoms with Crippen LogP contribution < -0.4 is 10.1 Å². The highest BCUT2D eigenvalue weighted by atomic mass is 32.2. The first kappa shape index (κ1) is 21.3. The molecule has 3 rings (SSSR count). The van der Waals surface area contributed by atoms with E-state index in [9.17, 15) is 13.2 Å². The van der Waals surface area contributed by atoms with E-state index in [0.29, 0.717) is 31.7 Å². The molecule has 0 bridgehead atoms. The molecular formula is C22H28N2O4S. The van der Waals surface area contributed by atoms with E-state index in [4.69, 9.17) is 4.74 Å². The lowest BCUT2D eigenvalue weighted by atomic mass is 9.96. The number of ether oxygens (including phenoxy) is 1. The molecule has 0 aromatic heterocycles. The van der Waals surface area contributed by atoms with Crippen LogP contribution in [0.2, 0.25) is 0 Å². The average Bonchev–Trinajstić information content (AvgIpc) is 2.74. The first-order valence-electron chi connectivity index (χ1n) is 9.83. The molecular weight excluding hydrogens is 388 g/mol. The van der Waals surface area contributed by atoms with Crippen molar-refractivity contribution in [3.8, 4) is 5.75 Å². The van der Waals surface area contributed by atoms with Crippen molar-refractivity contribution in [1.29, 1.82) is 0 Å². The van der Waals surface area contributed by atoms with E-state index in [1.165, 1.54) is 4.31 Å². The van der Waals surface area contributed by atoms with Gasteiger partial charge in [0.05, 0.1) is 18.0 Å². The molecule has 1 amide bonds. The molecule has 6 nitrogen and oxygen atoms in total. The number of hydrogen-bond donors (Lipinski definition) is 1. The number of amides is 1. The van der Waals surface area contributed by atoms with Crippen LogP contribution in [-0.4, -0.2) is 38.8 Å². The van der Waals surface area contributed by atoms with Gasteiger partial charge in [0.1, 0.15) is 5.75 Å². The Kier molecular flexibility index (Phi) is 6.59. The number of aryl methyl sites for hydroxylation is 1. The van der Waals surface area contributed by atoms with Gasteiger partial charge in [0, 0.05) is 19.0 Å². The Balaban J connectivity index is 1.61. The van der Waals surface area contributed by atoms with E-state index in [-0.39, 0.29) is 22.8 Å². The highest BCUT2D eigenvalue weighted by Crippen LogP contribution is 2.27. The molecule has 0 saturated carbocycles. The van der Waals surface area contributed by atoms with Gasteiger partial charge in [-0.3, -0.25) is 4.79 Å². The van der Waals surface area contributed by atoms with Crippen LogP contribution in [0.4, 0.5) is 0 Å². The van der Waals surface area contributed by atoms with Gasteiger partial charge in [0.25, 0.3) is 0 Å². The van der Waals surface area contributed by atoms with Gasteiger partial charge in [0.2, 0.25) is 15.9 Å². The van der Waals surface area contributed by atoms with Crippen LogP contribution in [0, 0.1) is 12.8 Å². The quantitative estimate of drug-likeness (QED) is 0.784. The van der Waals surface area contributed by atoms with E-state index >= 15 is 0 Å². The summed E-state index contributed by atoms with van der Waals surface area (Å²) in [6.07, 6.45) is 1.03. The summed E-state index contributed by atoms with van der Waals surface area (Å²) >= 11 is 0. The second-order valence-corrected chi connectivity index (χ2v) is 9.39. The van der Waals surface area contributed by atoms with Crippen molar-refractivity contribution < 1.29 is 17.9 Å². The van der Waals surface area contributed by atoms with Crippen molar-refractivity contribution in [1.82, 2.24) is 9.62 Å². The summed E-state index contributed by atoms with van der Waals surface area (Å²) in [5, 5.41) is 3.05. The van der Waals surface area contributed by atoms with E-state index in [1.807, 2.05) is 44.2 Å². The predicted molar refractivity (Wildman–Crippen MR) is 112 cm³/mol. The van der Waals surface area contributed by atoms with Gasteiger partial charge in [-0.25, -0.2) is 8.42 Å². The van der Waals surface area contributed by atoms with Crippen LogP contribution >= 0.6 is 0 Å². The molecule has 29 heavy (non-hydrogen) atoms. The van der Waals surface area contributed by atoms with Crippen LogP contribution in [-0.2, 0) is 14.8 Å². The largest absolute Gasteiger partial charge is 0.496 e. The van der Waals surface area contributed by atoms with Crippen molar-refractivity contribution in [2.24, 2.45) is 5.92 Å². The van der Waals surface area contributed by atoms with Crippen molar-refractivity contribution in [2.45, 2.75) is 37.6 Å². The minimum Gasteiger partial charge on any atom is -0.496 e. The lowest BCUT2D eigenvalue weighted by Gasteiger charge is -2.31. The van der Waals surface area contributed by atoms with E-state index in [1.54, 1.807) is 25.3 Å². The SMILES string of the molecule is COc1ccc(S(=O)(=O)N2CCC(C(=O)NC(C)c3ccccc3)CC2)cc1C. The van der Waals surface area contributed by atoms with Gasteiger partial charge in [-0.1, -0.05) is 30.3 Å². The van der Waals surface area contributed by atoms with Gasteiger partial charge in [-0.15, -0.1) is 0 Å². The fourth-order valence-electron chi connectivity index (χ4n) is 3.68. The first-order valence-corrected chi connectivity index (χ1v) is 11.3. The number of piperidine rings is 1. The van der Waals surface area contributed by atoms with Crippen LogP contribution in [0.5, 0.6) is 5.75 Å². The Morgan fingerprint density at radius 2 is 1.79 bits per heavy atom. The second kappa shape index (κ2) is 8.97. The van der Waals surface area contributed by atoms with Crippen LogP contribution in [0.15, 0.2) is 53.4 Å². The highest BCUT2D eigenvalue weighted by molar-refractivity contribution is 7.89. The maximum Gasteiger partial charge on any atom is 0.243 e. The third-order valence-corrected chi connectivity index (χ3v) is 7.38. The minimum absolute atomic E-state index is 0.0151. The summed E-state index contributed by atoms with van der Waals surface area (Å²) in [4.78, 5) is 12.9. The molecule has 0 radical (unpaired) electrons. The highest BCUT2D eigenvalue weighted by Gasteiger charge is 2.32. The van der Waals surface area contributed by atoms with Crippen molar-refractivity contribution in [3.05, 3.63) is 59.7 Å². The molecule has 2 aromatic rings. The third-order valence-electron chi connectivity index (χ3n) is 5.49. The molecule has 156 valence electrons. The smallest absolute Gasteiger partial charge is 0.243 e. The zero-order valence-electron chi connectivity index (χ0n) is 17.1. The first-order chi connectivity index (χ1) is 13.8. The van der Waals surface area contributed by atoms with Gasteiger partial charge >= 0.3 is 0 Å². The monoisotopic (exact) mass is 416 g/mol. The number of benzene rings is 2. The standard InChI is InChI=1S/C22H28N2O4S/c1-16-15-20(9-10-21(16)28-3)29(26,27)24-13-11-19(12-14-24)22(25)23-17(2)18-7-5-4-6-8-18/h4-10,15,17,19H,11-14H2,1-3H3,(H,23,25). The fraction of sp³-hybridized carbons (Fsp3) is 0.409. The summed E-state index contributed by atoms with van der Waals surface area (Å²) in [7, 11) is -2.02. The molecule has 0 aliphatic carbocycles. The van der Waals surface area contributed by atoms with Gasteiger partial charge < -0.3 is 10.1 Å². The predicted octanol–water partition coefficient (Wildman–Crippen LogP) is 3.28. The van der Waals surface area contributed by atoms with Crippen LogP contribution in [0.25, 0.3) is 0 Å². The summed E-state index contributed by atoms with van der Waals surface area (Å²) in [5.41, 5.74) is 1.83. The number of sulfonamides is 1. The van der Waals surface area contributed by atoms with Crippen LogP contribution in [0.3, 0.4) is 0 Å². The zero-order valence-corrected chi connectivity index (χ0v) is 17.9. The summed E-state index contributed by atoms with van der Waals surface area (Å²) in [6.45, 7) is 4.46. The molecule has 1 aliphatic heterocycles. The van der Waals surface area contributed by atoms with E-state index in [0.717, 1.165) is 11.1 Å². The molecule has 1 fully saturated rings. The Bertz CT molecular complexity index is 952. The molecule has 2 aromatic carbocycles. The molecule has 1 unspecified atom stereocenters. The van der Waals surface area contributed by atoms with Gasteiger partial charge in [0.15, 0.2) is 0 Å². The summed E-state index contributed by atoms with van der Waals surface area (Å²) in [6, 6.07) is 14.6. The molecule has 0 spiro atoms. The number of carbonyl (C=O) groups excluding carboxylic acids is 1. The van der Waals surface area contributed by atoms with Crippen molar-refractivity contribution in [3.63, 3.8) is 0 Å². The normalized spacial score (nSPS) is 16.9. The molecule has 7 heteroatoms. The maximum atomic E-state index is 13.0. The number of methoxy groups -OCH3 is 1. The Morgan fingerprint density at radius 1 is 1.14 bits per heavy atom. The molecule has 1 N–H and O–H groups in total. The van der Waals surface area contributed by atoms with Gasteiger partial charge in [-0.2, -0.15) is 4.31 Å². The number of rotatable bonds is 6. The molecule has 1 heterocycles. The molecule has 1 atom stereocenters. The van der Waals surface area contributed by atoms with Crippen LogP contribution in [0.1, 0.15) is 36.9 Å². The number of hydrogen-bond acceptors (Lipinski definition) is 4. The minimum atomic E-state index is -3.58. The van der Waals surface area contributed by atoms with E-state index < -0.39 is 10.0 Å². The Labute approximate surface area is 172 Å². The van der Waals surface area contributed by atoms with Crippen molar-refractivity contribution >= 4 is 15.9 Å². The second-order valence-electron chi connectivity index (χ2n) is 7.45. The lowest BCUT2D eigenvalue weighted by Crippen LogP contribution is -2.43. The number of nitrogens with zero attached hydrogens (tertiary/aromatic N) is 1. The Hall–Kier alpha value is -2.38. The summed E-state index contributed by atoms with van der Waals surface area (Å²) < 4.78 is 32.6. The maximum absolute atomic E-state index is 13.0. The van der Waals surface area contributed by atoms with Crippen molar-refractivity contribution in [2.75, 3.05) is 20.2 Å². The topological polar surface area (TPSA) is 75.7 Å². The molecule has 1 aliphatic rings. The zero-order chi connectivity index (χ0) is 21.0. The summed E-state index contributed by atoms with van der Waals surface area (Å²) in [5.74, 6) is 0.468. The van der Waals surface area contributed by atoms with Gasteiger partial charge in [-0.05, 0) is 56.0 Å².